The fourth-order valence-electron chi connectivity index (χ4n) is 3.45. The number of amides is 2. The van der Waals surface area contributed by atoms with Crippen LogP contribution in [-0.4, -0.2) is 35.3 Å². The third-order valence-corrected chi connectivity index (χ3v) is 4.64. The highest BCUT2D eigenvalue weighted by molar-refractivity contribution is 5.88. The molecule has 0 radical (unpaired) electrons. The molecular formula is C16H20FN3O2. The van der Waals surface area contributed by atoms with E-state index in [1.54, 1.807) is 23.1 Å². The summed E-state index contributed by atoms with van der Waals surface area (Å²) in [6.45, 7) is 0.587. The summed E-state index contributed by atoms with van der Waals surface area (Å²) in [5.41, 5.74) is 11.9. The van der Waals surface area contributed by atoms with Crippen molar-refractivity contribution in [2.75, 3.05) is 6.54 Å². The summed E-state index contributed by atoms with van der Waals surface area (Å²) in [4.78, 5) is 25.4. The first-order chi connectivity index (χ1) is 10.5. The Morgan fingerprint density at radius 2 is 2.09 bits per heavy atom. The molecule has 1 aromatic rings. The molecule has 118 valence electrons. The van der Waals surface area contributed by atoms with Crippen LogP contribution in [-0.2, 0) is 16.0 Å². The predicted molar refractivity (Wildman–Crippen MR) is 79.0 cm³/mol. The Bertz CT molecular complexity index is 607. The largest absolute Gasteiger partial charge is 0.368 e. The summed E-state index contributed by atoms with van der Waals surface area (Å²) in [6.07, 6.45) is 1.36. The average molecular weight is 305 g/mol. The second-order valence-electron chi connectivity index (χ2n) is 6.31. The van der Waals surface area contributed by atoms with Gasteiger partial charge >= 0.3 is 0 Å². The Balaban J connectivity index is 1.60. The Morgan fingerprint density at radius 3 is 2.77 bits per heavy atom. The molecule has 4 atom stereocenters. The molecule has 1 aliphatic carbocycles. The number of rotatable bonds is 5. The van der Waals surface area contributed by atoms with E-state index in [4.69, 9.17) is 11.5 Å². The normalized spacial score (nSPS) is 27.4. The number of halogens is 1. The van der Waals surface area contributed by atoms with E-state index in [0.717, 1.165) is 6.42 Å². The number of primary amides is 1. The number of carbonyl (C=O) groups excluding carboxylic acids is 2. The van der Waals surface area contributed by atoms with E-state index in [1.165, 1.54) is 6.07 Å². The third-order valence-electron chi connectivity index (χ3n) is 4.64. The zero-order valence-electron chi connectivity index (χ0n) is 12.2. The van der Waals surface area contributed by atoms with E-state index in [-0.39, 0.29) is 24.1 Å². The Morgan fingerprint density at radius 1 is 1.36 bits per heavy atom. The lowest BCUT2D eigenvalue weighted by Gasteiger charge is -2.26. The summed E-state index contributed by atoms with van der Waals surface area (Å²) in [5.74, 6) is -0.294. The number of benzene rings is 1. The minimum atomic E-state index is -0.488. The molecule has 2 fully saturated rings. The van der Waals surface area contributed by atoms with E-state index < -0.39 is 18.0 Å². The fraction of sp³-hybridized carbons (Fsp3) is 0.500. The van der Waals surface area contributed by atoms with Gasteiger partial charge in [-0.05, 0) is 36.3 Å². The van der Waals surface area contributed by atoms with E-state index in [9.17, 15) is 14.0 Å². The number of hydrogen-bond donors (Lipinski definition) is 2. The van der Waals surface area contributed by atoms with Crippen molar-refractivity contribution >= 4 is 11.8 Å². The summed E-state index contributed by atoms with van der Waals surface area (Å²) in [5, 5.41) is 0. The molecule has 1 saturated carbocycles. The number of fused-ring (bicyclic) bond motifs is 1. The van der Waals surface area contributed by atoms with Crippen molar-refractivity contribution in [2.45, 2.75) is 31.3 Å². The number of hydrogen-bond acceptors (Lipinski definition) is 3. The molecule has 0 aromatic heterocycles. The lowest BCUT2D eigenvalue weighted by molar-refractivity contribution is -0.138. The van der Waals surface area contributed by atoms with Crippen LogP contribution < -0.4 is 11.5 Å². The van der Waals surface area contributed by atoms with Crippen molar-refractivity contribution in [3.05, 3.63) is 35.6 Å². The molecule has 1 heterocycles. The molecule has 4 N–H and O–H groups in total. The molecule has 0 unspecified atom stereocenters. The molecule has 2 amide bonds. The van der Waals surface area contributed by atoms with Crippen LogP contribution in [0, 0.1) is 17.7 Å². The third kappa shape index (κ3) is 2.83. The standard InChI is InChI=1S/C16H20FN3O2/c17-13-4-2-1-3-9(13)5-11(18)7-14(21)20-8-10-6-12(10)15(20)16(19)22/h1-4,10-12,15H,5-8,18H2,(H2,19,22)/t10-,11+,12-,15-/m0/s1. The number of nitrogens with zero attached hydrogens (tertiary/aromatic N) is 1. The van der Waals surface area contributed by atoms with Crippen LogP contribution in [0.4, 0.5) is 4.39 Å². The van der Waals surface area contributed by atoms with Crippen LogP contribution in [0.25, 0.3) is 0 Å². The van der Waals surface area contributed by atoms with Crippen molar-refractivity contribution in [3.8, 4) is 0 Å². The van der Waals surface area contributed by atoms with Crippen molar-refractivity contribution in [1.29, 1.82) is 0 Å². The molecule has 22 heavy (non-hydrogen) atoms. The van der Waals surface area contributed by atoms with E-state index in [2.05, 4.69) is 0 Å². The van der Waals surface area contributed by atoms with Gasteiger partial charge in [0.25, 0.3) is 0 Å². The highest BCUT2D eigenvalue weighted by Gasteiger charge is 2.56. The predicted octanol–water partition coefficient (Wildman–Crippen LogP) is 0.418. The van der Waals surface area contributed by atoms with Crippen LogP contribution in [0.15, 0.2) is 24.3 Å². The molecule has 1 aromatic carbocycles. The van der Waals surface area contributed by atoms with E-state index in [1.807, 2.05) is 0 Å². The molecule has 3 rings (SSSR count). The van der Waals surface area contributed by atoms with Crippen molar-refractivity contribution in [2.24, 2.45) is 23.3 Å². The molecule has 1 aliphatic heterocycles. The van der Waals surface area contributed by atoms with Gasteiger partial charge in [0.2, 0.25) is 11.8 Å². The van der Waals surface area contributed by atoms with Gasteiger partial charge in [-0.2, -0.15) is 0 Å². The quantitative estimate of drug-likeness (QED) is 0.826. The highest BCUT2D eigenvalue weighted by atomic mass is 19.1. The van der Waals surface area contributed by atoms with Gasteiger partial charge in [-0.1, -0.05) is 18.2 Å². The Labute approximate surface area is 128 Å². The second kappa shape index (κ2) is 5.68. The van der Waals surface area contributed by atoms with Gasteiger partial charge < -0.3 is 16.4 Å². The molecule has 5 nitrogen and oxygen atoms in total. The monoisotopic (exact) mass is 305 g/mol. The lowest BCUT2D eigenvalue weighted by Crippen LogP contribution is -2.47. The summed E-state index contributed by atoms with van der Waals surface area (Å²) >= 11 is 0. The maximum absolute atomic E-state index is 13.6. The second-order valence-corrected chi connectivity index (χ2v) is 6.31. The smallest absolute Gasteiger partial charge is 0.240 e. The van der Waals surface area contributed by atoms with Crippen LogP contribution in [0.2, 0.25) is 0 Å². The summed E-state index contributed by atoms with van der Waals surface area (Å²) < 4.78 is 13.6. The lowest BCUT2D eigenvalue weighted by atomic mass is 10.0. The minimum absolute atomic E-state index is 0.0948. The van der Waals surface area contributed by atoms with Crippen molar-refractivity contribution in [1.82, 2.24) is 4.90 Å². The van der Waals surface area contributed by atoms with E-state index in [0.29, 0.717) is 24.4 Å². The number of likely N-dealkylation sites (tertiary alicyclic amines) is 1. The van der Waals surface area contributed by atoms with E-state index >= 15 is 0 Å². The van der Waals surface area contributed by atoms with Gasteiger partial charge in [-0.15, -0.1) is 0 Å². The Hall–Kier alpha value is -1.95. The first kappa shape index (κ1) is 15.0. The van der Waals surface area contributed by atoms with Gasteiger partial charge in [0.15, 0.2) is 0 Å². The first-order valence-electron chi connectivity index (χ1n) is 7.55. The summed E-state index contributed by atoms with van der Waals surface area (Å²) in [6, 6.07) is 5.43. The first-order valence-corrected chi connectivity index (χ1v) is 7.55. The van der Waals surface area contributed by atoms with Gasteiger partial charge in [-0.25, -0.2) is 4.39 Å². The van der Waals surface area contributed by atoms with Crippen LogP contribution in [0.5, 0.6) is 0 Å². The molecule has 1 saturated heterocycles. The summed E-state index contributed by atoms with van der Waals surface area (Å²) in [7, 11) is 0. The molecule has 0 bridgehead atoms. The van der Waals surface area contributed by atoms with Gasteiger partial charge in [0.1, 0.15) is 11.9 Å². The van der Waals surface area contributed by atoms with Crippen molar-refractivity contribution in [3.63, 3.8) is 0 Å². The molecule has 0 spiro atoms. The maximum Gasteiger partial charge on any atom is 0.240 e. The van der Waals surface area contributed by atoms with Crippen LogP contribution in [0.3, 0.4) is 0 Å². The number of carbonyl (C=O) groups is 2. The molecule has 2 aliphatic rings. The minimum Gasteiger partial charge on any atom is -0.368 e. The van der Waals surface area contributed by atoms with Gasteiger partial charge in [0, 0.05) is 19.0 Å². The van der Waals surface area contributed by atoms with Crippen molar-refractivity contribution < 1.29 is 14.0 Å². The van der Waals surface area contributed by atoms with Gasteiger partial charge in [-0.3, -0.25) is 9.59 Å². The molecular weight excluding hydrogens is 285 g/mol. The highest BCUT2D eigenvalue weighted by Crippen LogP contribution is 2.49. The van der Waals surface area contributed by atoms with Crippen LogP contribution >= 0.6 is 0 Å². The number of nitrogens with two attached hydrogens (primary N) is 2. The maximum atomic E-state index is 13.6. The Kier molecular flexibility index (Phi) is 3.87. The van der Waals surface area contributed by atoms with Crippen LogP contribution in [0.1, 0.15) is 18.4 Å². The number of piperidine rings is 1. The molecule has 6 heteroatoms. The average Bonchev–Trinajstić information content (AvgIpc) is 3.10. The topological polar surface area (TPSA) is 89.4 Å². The zero-order valence-corrected chi connectivity index (χ0v) is 12.2. The SMILES string of the molecule is NC(=O)[C@@H]1[C@H]2C[C@H]2CN1C(=O)C[C@H](N)Cc1ccccc1F. The fourth-order valence-corrected chi connectivity index (χ4v) is 3.45. The zero-order chi connectivity index (χ0) is 15.9. The van der Waals surface area contributed by atoms with Gasteiger partial charge in [0.05, 0.1) is 0 Å².